The van der Waals surface area contributed by atoms with Crippen LogP contribution in [-0.4, -0.2) is 24.6 Å². The molecule has 0 saturated heterocycles. The first-order valence-corrected chi connectivity index (χ1v) is 6.16. The van der Waals surface area contributed by atoms with Crippen LogP contribution in [-0.2, 0) is 11.3 Å². The number of aromatic nitrogens is 2. The molecule has 0 aliphatic heterocycles. The Morgan fingerprint density at radius 3 is 2.56 bits per heavy atom. The van der Waals surface area contributed by atoms with Crippen LogP contribution in [0.25, 0.3) is 0 Å². The molecule has 0 aliphatic rings. The summed E-state index contributed by atoms with van der Waals surface area (Å²) >= 11 is -2.44. The summed E-state index contributed by atoms with van der Waals surface area (Å²) in [5.74, 6) is -0.614. The Labute approximate surface area is 106 Å². The number of H-pyrrole nitrogens is 1. The third-order valence-corrected chi connectivity index (χ3v) is 3.03. The molecule has 0 spiro atoms. The first kappa shape index (κ1) is 12.5. The Kier molecular flexibility index (Phi) is 3.54. The molecular weight excluding hydrogens is 254 g/mol. The minimum atomic E-state index is -2.44. The van der Waals surface area contributed by atoms with E-state index in [0.29, 0.717) is 5.69 Å². The molecule has 1 aromatic heterocycles. The van der Waals surface area contributed by atoms with Gasteiger partial charge >= 0.3 is 0 Å². The third kappa shape index (κ3) is 2.47. The molecule has 1 amide bonds. The van der Waals surface area contributed by atoms with Crippen LogP contribution in [0.3, 0.4) is 0 Å². The van der Waals surface area contributed by atoms with Crippen molar-refractivity contribution < 1.29 is 13.6 Å². The summed E-state index contributed by atoms with van der Waals surface area (Å²) in [6.45, 7) is 1.89. The lowest BCUT2D eigenvalue weighted by Crippen LogP contribution is -2.32. The molecule has 2 N–H and O–H groups in total. The Hall–Kier alpha value is -1.99. The van der Waals surface area contributed by atoms with Gasteiger partial charge in [-0.15, -0.1) is 0 Å². The lowest BCUT2D eigenvalue weighted by Gasteiger charge is -2.17. The lowest BCUT2D eigenvalue weighted by atomic mass is 10.2. The average molecular weight is 265 g/mol. The van der Waals surface area contributed by atoms with E-state index in [1.807, 2.05) is 6.92 Å². The fourth-order valence-electron chi connectivity index (χ4n) is 1.44. The molecule has 2 aromatic rings. The monoisotopic (exact) mass is 265 g/mol. The fourth-order valence-corrected chi connectivity index (χ4v) is 1.98. The van der Waals surface area contributed by atoms with Gasteiger partial charge in [-0.1, -0.05) is 17.7 Å². The Balaban J connectivity index is 2.38. The third-order valence-electron chi connectivity index (χ3n) is 2.34. The van der Waals surface area contributed by atoms with Crippen LogP contribution in [0.4, 0.5) is 5.69 Å². The molecular formula is C11H11N3O3S. The molecule has 1 unspecified atom stereocenters. The highest BCUT2D eigenvalue weighted by atomic mass is 32.2. The number of amides is 1. The van der Waals surface area contributed by atoms with Crippen molar-refractivity contribution >= 4 is 22.9 Å². The van der Waals surface area contributed by atoms with E-state index in [4.69, 9.17) is 0 Å². The molecule has 0 aliphatic carbocycles. The smallest absolute Gasteiger partial charge is 0.290 e. The van der Waals surface area contributed by atoms with Crippen molar-refractivity contribution in [3.05, 3.63) is 48.0 Å². The van der Waals surface area contributed by atoms with Gasteiger partial charge in [-0.25, -0.2) is 13.5 Å². The maximum Gasteiger partial charge on any atom is 0.290 e. The summed E-state index contributed by atoms with van der Waals surface area (Å²) < 4.78 is 21.3. The zero-order valence-corrected chi connectivity index (χ0v) is 10.3. The van der Waals surface area contributed by atoms with Crippen molar-refractivity contribution in [3.8, 4) is 0 Å². The number of benzene rings is 1. The zero-order chi connectivity index (χ0) is 13.1. The second-order valence-electron chi connectivity index (χ2n) is 3.63. The Morgan fingerprint density at radius 1 is 1.39 bits per heavy atom. The van der Waals surface area contributed by atoms with E-state index < -0.39 is 17.2 Å². The van der Waals surface area contributed by atoms with E-state index in [0.717, 1.165) is 9.87 Å². The second kappa shape index (κ2) is 5.11. The quantitative estimate of drug-likeness (QED) is 0.823. The summed E-state index contributed by atoms with van der Waals surface area (Å²) in [5, 5.41) is 0. The molecule has 0 fully saturated rings. The molecule has 0 radical (unpaired) electrons. The summed E-state index contributed by atoms with van der Waals surface area (Å²) in [6, 6.07) is 6.74. The van der Waals surface area contributed by atoms with E-state index in [2.05, 4.69) is 9.97 Å². The van der Waals surface area contributed by atoms with Gasteiger partial charge in [0.1, 0.15) is 5.69 Å². The van der Waals surface area contributed by atoms with Crippen molar-refractivity contribution in [3.63, 3.8) is 0 Å². The number of rotatable bonds is 3. The average Bonchev–Trinajstić information content (AvgIpc) is 2.85. The van der Waals surface area contributed by atoms with Gasteiger partial charge in [-0.05, 0) is 19.1 Å². The van der Waals surface area contributed by atoms with Gasteiger partial charge in [-0.3, -0.25) is 9.35 Å². The maximum atomic E-state index is 12.0. The highest BCUT2D eigenvalue weighted by molar-refractivity contribution is 7.81. The molecule has 1 heterocycles. The molecule has 2 rings (SSSR count). The van der Waals surface area contributed by atoms with E-state index in [1.165, 1.54) is 12.5 Å². The number of hydrogen-bond donors (Lipinski definition) is 2. The number of nitrogens with one attached hydrogen (secondary N) is 1. The van der Waals surface area contributed by atoms with Crippen LogP contribution < -0.4 is 4.31 Å². The molecule has 1 atom stereocenters. The molecule has 94 valence electrons. The van der Waals surface area contributed by atoms with Crippen LogP contribution in [0.5, 0.6) is 0 Å². The lowest BCUT2D eigenvalue weighted by molar-refractivity contribution is 0.100. The number of hydrogen-bond acceptors (Lipinski definition) is 3. The number of anilines is 1. The summed E-state index contributed by atoms with van der Waals surface area (Å²) in [6.07, 6.45) is 2.64. The molecule has 6 nitrogen and oxygen atoms in total. The highest BCUT2D eigenvalue weighted by Crippen LogP contribution is 2.18. The standard InChI is InChI=1S/C11H11N3O3S/c1-8-2-4-9(5-3-8)14(18(16)17)11(15)10-6-12-7-13-10/h2-7H,1H3,(H,12,13)(H,16,17). The maximum absolute atomic E-state index is 12.0. The Morgan fingerprint density at radius 2 is 2.06 bits per heavy atom. The number of imidazole rings is 1. The number of aromatic amines is 1. The predicted molar refractivity (Wildman–Crippen MR) is 67.3 cm³/mol. The number of carbonyl (C=O) groups excluding carboxylic acids is 1. The SMILES string of the molecule is Cc1ccc(N(C(=O)c2cnc[nH]2)S(=O)O)cc1. The minimum absolute atomic E-state index is 0.151. The van der Waals surface area contributed by atoms with Gasteiger partial charge in [-0.2, -0.15) is 0 Å². The van der Waals surface area contributed by atoms with Crippen molar-refractivity contribution in [2.75, 3.05) is 4.31 Å². The van der Waals surface area contributed by atoms with Gasteiger partial charge in [0, 0.05) is 0 Å². The number of carbonyl (C=O) groups is 1. The van der Waals surface area contributed by atoms with Gasteiger partial charge in [0.15, 0.2) is 0 Å². The molecule has 1 aromatic carbocycles. The van der Waals surface area contributed by atoms with E-state index in [9.17, 15) is 13.6 Å². The van der Waals surface area contributed by atoms with Gasteiger partial charge in [0.05, 0.1) is 18.2 Å². The van der Waals surface area contributed by atoms with Crippen LogP contribution in [0.15, 0.2) is 36.8 Å². The van der Waals surface area contributed by atoms with Crippen LogP contribution in [0, 0.1) is 6.92 Å². The predicted octanol–water partition coefficient (Wildman–Crippen LogP) is 1.50. The summed E-state index contributed by atoms with van der Waals surface area (Å²) in [7, 11) is 0. The number of nitrogens with zero attached hydrogens (tertiary/aromatic N) is 2. The van der Waals surface area contributed by atoms with Gasteiger partial charge < -0.3 is 4.98 Å². The van der Waals surface area contributed by atoms with Crippen LogP contribution >= 0.6 is 0 Å². The topological polar surface area (TPSA) is 86.3 Å². The first-order chi connectivity index (χ1) is 8.59. The molecule has 18 heavy (non-hydrogen) atoms. The largest absolute Gasteiger partial charge is 0.341 e. The Bertz CT molecular complexity index is 566. The van der Waals surface area contributed by atoms with E-state index in [-0.39, 0.29) is 5.69 Å². The normalized spacial score (nSPS) is 12.1. The van der Waals surface area contributed by atoms with Gasteiger partial charge in [0.25, 0.3) is 17.2 Å². The molecule has 7 heteroatoms. The van der Waals surface area contributed by atoms with E-state index >= 15 is 0 Å². The first-order valence-electron chi connectivity index (χ1n) is 5.10. The van der Waals surface area contributed by atoms with Crippen LogP contribution in [0.2, 0.25) is 0 Å². The van der Waals surface area contributed by atoms with E-state index in [1.54, 1.807) is 24.3 Å². The van der Waals surface area contributed by atoms with Crippen molar-refractivity contribution in [1.29, 1.82) is 0 Å². The second-order valence-corrected chi connectivity index (χ2v) is 4.46. The van der Waals surface area contributed by atoms with Crippen molar-refractivity contribution in [2.24, 2.45) is 0 Å². The minimum Gasteiger partial charge on any atom is -0.341 e. The van der Waals surface area contributed by atoms with Gasteiger partial charge in [0.2, 0.25) is 0 Å². The highest BCUT2D eigenvalue weighted by Gasteiger charge is 2.23. The van der Waals surface area contributed by atoms with Crippen LogP contribution in [0.1, 0.15) is 16.1 Å². The fraction of sp³-hybridized carbons (Fsp3) is 0.0909. The van der Waals surface area contributed by atoms with Crippen molar-refractivity contribution in [1.82, 2.24) is 9.97 Å². The zero-order valence-electron chi connectivity index (χ0n) is 9.53. The summed E-state index contributed by atoms with van der Waals surface area (Å²) in [5.41, 5.74) is 1.50. The summed E-state index contributed by atoms with van der Waals surface area (Å²) in [4.78, 5) is 18.3. The van der Waals surface area contributed by atoms with Crippen molar-refractivity contribution in [2.45, 2.75) is 6.92 Å². The molecule has 0 bridgehead atoms. The number of aryl methyl sites for hydroxylation is 1. The molecule has 0 saturated carbocycles.